The monoisotopic (exact) mass is 596 g/mol. The van der Waals surface area contributed by atoms with Crippen LogP contribution < -0.4 is 4.74 Å². The van der Waals surface area contributed by atoms with E-state index in [9.17, 15) is 19.5 Å². The van der Waals surface area contributed by atoms with Gasteiger partial charge in [-0.1, -0.05) is 45.0 Å². The van der Waals surface area contributed by atoms with E-state index in [1.807, 2.05) is 39.0 Å². The van der Waals surface area contributed by atoms with Gasteiger partial charge in [-0.3, -0.25) is 9.69 Å². The van der Waals surface area contributed by atoms with Gasteiger partial charge in [-0.05, 0) is 74.7 Å². The lowest BCUT2D eigenvalue weighted by molar-refractivity contribution is -0.0150. The maximum Gasteiger partial charge on any atom is 0.410 e. The molecule has 0 bridgehead atoms. The van der Waals surface area contributed by atoms with Gasteiger partial charge in [0.25, 0.3) is 5.91 Å². The Kier molecular flexibility index (Phi) is 8.81. The number of carboxylic acids is 1. The van der Waals surface area contributed by atoms with Crippen molar-refractivity contribution >= 4 is 26.3 Å². The van der Waals surface area contributed by atoms with Crippen LogP contribution in [-0.4, -0.2) is 78.6 Å². The van der Waals surface area contributed by atoms with Crippen LogP contribution in [0.5, 0.6) is 5.75 Å². The van der Waals surface area contributed by atoms with Gasteiger partial charge in [0.05, 0.1) is 29.8 Å². The van der Waals surface area contributed by atoms with E-state index >= 15 is 0 Å². The molecule has 0 fully saturated rings. The number of nitrogens with zero attached hydrogens (tertiary/aromatic N) is 2. The summed E-state index contributed by atoms with van der Waals surface area (Å²) >= 11 is 0. The number of hydrogen-bond donors (Lipinski definition) is 1. The van der Waals surface area contributed by atoms with Gasteiger partial charge in [0.1, 0.15) is 18.0 Å². The molecule has 2 aliphatic rings. The fourth-order valence-corrected chi connectivity index (χ4v) is 6.42. The van der Waals surface area contributed by atoms with E-state index in [4.69, 9.17) is 13.9 Å². The van der Waals surface area contributed by atoms with E-state index < -0.39 is 32.1 Å². The van der Waals surface area contributed by atoms with Crippen LogP contribution in [0.4, 0.5) is 4.79 Å². The zero-order valence-electron chi connectivity index (χ0n) is 26.0. The third-order valence-electron chi connectivity index (χ3n) is 8.36. The molecule has 1 N–H and O–H groups in total. The second-order valence-electron chi connectivity index (χ2n) is 13.7. The van der Waals surface area contributed by atoms with E-state index in [1.54, 1.807) is 9.80 Å². The van der Waals surface area contributed by atoms with Gasteiger partial charge in [-0.2, -0.15) is 0 Å². The van der Waals surface area contributed by atoms with Crippen LogP contribution in [0.2, 0.25) is 18.1 Å². The summed E-state index contributed by atoms with van der Waals surface area (Å²) in [5.74, 6) is -1.09. The van der Waals surface area contributed by atoms with Crippen molar-refractivity contribution in [2.75, 3.05) is 19.7 Å². The Labute approximate surface area is 249 Å². The maximum atomic E-state index is 13.8. The van der Waals surface area contributed by atoms with Crippen molar-refractivity contribution in [1.29, 1.82) is 0 Å². The van der Waals surface area contributed by atoms with Crippen molar-refractivity contribution in [3.63, 3.8) is 0 Å². The lowest BCUT2D eigenvalue weighted by atomic mass is 9.91. The quantitative estimate of drug-likeness (QED) is 0.410. The normalized spacial score (nSPS) is 18.4. The van der Waals surface area contributed by atoms with Crippen LogP contribution in [0.25, 0.3) is 0 Å². The highest BCUT2D eigenvalue weighted by atomic mass is 28.4. The summed E-state index contributed by atoms with van der Waals surface area (Å²) in [5, 5.41) is 9.30. The van der Waals surface area contributed by atoms with Gasteiger partial charge in [-0.25, -0.2) is 9.59 Å². The molecule has 4 rings (SSSR count). The molecule has 2 aliphatic heterocycles. The number of carbonyl (C=O) groups is 3. The summed E-state index contributed by atoms with van der Waals surface area (Å²) < 4.78 is 18.8. The van der Waals surface area contributed by atoms with Crippen LogP contribution >= 0.6 is 0 Å². The van der Waals surface area contributed by atoms with Crippen molar-refractivity contribution in [3.05, 3.63) is 64.7 Å². The van der Waals surface area contributed by atoms with Gasteiger partial charge < -0.3 is 23.9 Å². The highest BCUT2D eigenvalue weighted by Gasteiger charge is 2.45. The Morgan fingerprint density at radius 3 is 2.36 bits per heavy atom. The van der Waals surface area contributed by atoms with Crippen molar-refractivity contribution in [1.82, 2.24) is 9.80 Å². The molecule has 2 heterocycles. The number of ether oxygens (including phenoxy) is 2. The topological polar surface area (TPSA) is 106 Å². The van der Waals surface area contributed by atoms with E-state index in [2.05, 4.69) is 39.9 Å². The second kappa shape index (κ2) is 11.7. The molecule has 0 radical (unpaired) electrons. The van der Waals surface area contributed by atoms with Gasteiger partial charge in [0, 0.05) is 13.1 Å². The number of aromatic carboxylic acids is 1. The Morgan fingerprint density at radius 1 is 1.07 bits per heavy atom. The molecule has 228 valence electrons. The minimum Gasteiger partial charge on any atom is -0.491 e. The van der Waals surface area contributed by atoms with Crippen molar-refractivity contribution in [2.45, 2.75) is 90.4 Å². The van der Waals surface area contributed by atoms with E-state index in [0.717, 1.165) is 11.1 Å². The second-order valence-corrected chi connectivity index (χ2v) is 18.4. The maximum absolute atomic E-state index is 13.8. The molecule has 2 aromatic carbocycles. The molecule has 10 heteroatoms. The third-order valence-corrected chi connectivity index (χ3v) is 12.9. The average molecular weight is 597 g/mol. The summed E-state index contributed by atoms with van der Waals surface area (Å²) in [6.07, 6.45) is -0.357. The standard InChI is InChI=1S/C32H44N2O7Si/c1-31(2,3)40-30(38)34-19-23-12-10-9-11-21(23)17-25(34)27(41-42(7,8)32(4,5)6)20-33-15-16-39-26-18-22(29(36)37)13-14-24(26)28(33)35/h9-14,18,25,27H,15-17,19-20H2,1-8H3,(H,36,37)/t25-,27?/m0/s1. The largest absolute Gasteiger partial charge is 0.491 e. The molecule has 1 unspecified atom stereocenters. The summed E-state index contributed by atoms with van der Waals surface area (Å²) in [7, 11) is -2.38. The number of amides is 2. The summed E-state index contributed by atoms with van der Waals surface area (Å²) in [4.78, 5) is 42.5. The lowest BCUT2D eigenvalue weighted by Gasteiger charge is -2.47. The number of benzene rings is 2. The molecule has 2 aromatic rings. The van der Waals surface area contributed by atoms with Gasteiger partial charge in [-0.15, -0.1) is 0 Å². The molecular weight excluding hydrogens is 552 g/mol. The highest BCUT2D eigenvalue weighted by Crippen LogP contribution is 2.39. The van der Waals surface area contributed by atoms with Crippen LogP contribution in [0.15, 0.2) is 42.5 Å². The predicted octanol–water partition coefficient (Wildman–Crippen LogP) is 5.97. The van der Waals surface area contributed by atoms with Crippen LogP contribution in [-0.2, 0) is 22.1 Å². The molecule has 0 spiro atoms. The summed E-state index contributed by atoms with van der Waals surface area (Å²) in [6.45, 7) is 17.5. The first-order valence-corrected chi connectivity index (χ1v) is 17.4. The highest BCUT2D eigenvalue weighted by molar-refractivity contribution is 6.74. The van der Waals surface area contributed by atoms with Gasteiger partial charge >= 0.3 is 12.1 Å². The number of carboxylic acid groups (broad SMARTS) is 1. The summed E-state index contributed by atoms with van der Waals surface area (Å²) in [6, 6.07) is 12.0. The predicted molar refractivity (Wildman–Crippen MR) is 163 cm³/mol. The molecule has 0 saturated heterocycles. The Morgan fingerprint density at radius 2 is 1.74 bits per heavy atom. The van der Waals surface area contributed by atoms with Crippen LogP contribution in [0.1, 0.15) is 73.4 Å². The van der Waals surface area contributed by atoms with Crippen molar-refractivity contribution in [2.24, 2.45) is 0 Å². The van der Waals surface area contributed by atoms with Crippen molar-refractivity contribution in [3.8, 4) is 5.75 Å². The minimum absolute atomic E-state index is 0.0583. The molecule has 2 amide bonds. The molecular formula is C32H44N2O7Si. The lowest BCUT2D eigenvalue weighted by Crippen LogP contribution is -2.59. The first-order valence-electron chi connectivity index (χ1n) is 14.5. The molecule has 9 nitrogen and oxygen atoms in total. The number of hydrogen-bond acceptors (Lipinski definition) is 6. The molecule has 0 aliphatic carbocycles. The smallest absolute Gasteiger partial charge is 0.410 e. The molecule has 0 saturated carbocycles. The third kappa shape index (κ3) is 6.98. The Bertz CT molecular complexity index is 1350. The van der Waals surface area contributed by atoms with E-state index in [-0.39, 0.29) is 41.5 Å². The molecule has 2 atom stereocenters. The number of fused-ring (bicyclic) bond motifs is 2. The SMILES string of the molecule is CC(C)(C)OC(=O)N1Cc2ccccc2C[C@H]1C(CN1CCOc2cc(C(=O)O)ccc2C1=O)O[Si](C)(C)C(C)(C)C. The van der Waals surface area contributed by atoms with Gasteiger partial charge in [0.15, 0.2) is 8.32 Å². The number of carbonyl (C=O) groups excluding carboxylic acids is 2. The average Bonchev–Trinajstić information content (AvgIpc) is 3.03. The van der Waals surface area contributed by atoms with Gasteiger partial charge in [0.2, 0.25) is 0 Å². The fourth-order valence-electron chi connectivity index (χ4n) is 5.07. The number of rotatable bonds is 6. The minimum atomic E-state index is -2.38. The van der Waals surface area contributed by atoms with E-state index in [1.165, 1.54) is 18.2 Å². The molecule has 42 heavy (non-hydrogen) atoms. The van der Waals surface area contributed by atoms with Crippen LogP contribution in [0, 0.1) is 0 Å². The Balaban J connectivity index is 1.74. The first-order chi connectivity index (χ1) is 19.5. The van der Waals surface area contributed by atoms with E-state index in [0.29, 0.717) is 25.1 Å². The Hall–Kier alpha value is -3.37. The van der Waals surface area contributed by atoms with Crippen molar-refractivity contribution < 1.29 is 33.4 Å². The molecule has 0 aromatic heterocycles. The van der Waals surface area contributed by atoms with Crippen LogP contribution in [0.3, 0.4) is 0 Å². The zero-order valence-corrected chi connectivity index (χ0v) is 27.0. The fraction of sp³-hybridized carbons (Fsp3) is 0.531. The summed E-state index contributed by atoms with van der Waals surface area (Å²) in [5.41, 5.74) is 1.89. The first kappa shape index (κ1) is 31.6. The zero-order chi connectivity index (χ0) is 31.0.